The van der Waals surface area contributed by atoms with Gasteiger partial charge in [-0.1, -0.05) is 11.6 Å². The fourth-order valence-corrected chi connectivity index (χ4v) is 3.01. The van der Waals surface area contributed by atoms with Gasteiger partial charge in [0.1, 0.15) is 0 Å². The minimum Gasteiger partial charge on any atom is -0.265 e. The van der Waals surface area contributed by atoms with E-state index in [9.17, 15) is 0 Å². The molecule has 0 aromatic carbocycles. The lowest BCUT2D eigenvalue weighted by Crippen LogP contribution is -2.33. The first-order chi connectivity index (χ1) is 7.08. The molecular formula is C12H11ClN2. The van der Waals surface area contributed by atoms with Crippen LogP contribution in [0.2, 0.25) is 0 Å². The summed E-state index contributed by atoms with van der Waals surface area (Å²) in [6.45, 7) is 4.19. The third kappa shape index (κ3) is 0.864. The van der Waals surface area contributed by atoms with E-state index < -0.39 is 5.00 Å². The molecule has 0 aromatic heterocycles. The Hall–Kier alpha value is -1.15. The zero-order chi connectivity index (χ0) is 10.7. The van der Waals surface area contributed by atoms with Crippen LogP contribution in [0.15, 0.2) is 45.1 Å². The van der Waals surface area contributed by atoms with Crippen molar-refractivity contribution in [1.29, 1.82) is 0 Å². The van der Waals surface area contributed by atoms with Gasteiger partial charge < -0.3 is 0 Å². The number of aliphatic imine (C=N–C) groups is 2. The summed E-state index contributed by atoms with van der Waals surface area (Å²) in [5, 5.41) is 0. The SMILES string of the molecule is CC1=CC2(Cl)N=CC3=CC=NC=C1C32C. The van der Waals surface area contributed by atoms with Crippen molar-refractivity contribution in [2.45, 2.75) is 18.8 Å². The summed E-state index contributed by atoms with van der Waals surface area (Å²) in [5.41, 5.74) is 3.25. The maximum atomic E-state index is 6.57. The van der Waals surface area contributed by atoms with Crippen LogP contribution in [-0.2, 0) is 0 Å². The lowest BCUT2D eigenvalue weighted by molar-refractivity contribution is 0.449. The third-order valence-electron chi connectivity index (χ3n) is 3.59. The molecule has 0 spiro atoms. The van der Waals surface area contributed by atoms with Crippen molar-refractivity contribution in [1.82, 2.24) is 0 Å². The number of hydrogen-bond donors (Lipinski definition) is 0. The van der Waals surface area contributed by atoms with E-state index in [-0.39, 0.29) is 5.41 Å². The van der Waals surface area contributed by atoms with E-state index in [0.717, 1.165) is 5.57 Å². The van der Waals surface area contributed by atoms with Gasteiger partial charge in [-0.25, -0.2) is 0 Å². The van der Waals surface area contributed by atoms with Crippen LogP contribution in [0.4, 0.5) is 0 Å². The quantitative estimate of drug-likeness (QED) is 0.441. The molecule has 2 heterocycles. The van der Waals surface area contributed by atoms with Crippen molar-refractivity contribution >= 4 is 24.0 Å². The number of hydrogen-bond acceptors (Lipinski definition) is 2. The van der Waals surface area contributed by atoms with Crippen LogP contribution in [0, 0.1) is 5.41 Å². The molecule has 76 valence electrons. The van der Waals surface area contributed by atoms with Gasteiger partial charge in [-0.3, -0.25) is 9.98 Å². The van der Waals surface area contributed by atoms with Crippen LogP contribution in [0.1, 0.15) is 13.8 Å². The topological polar surface area (TPSA) is 24.7 Å². The predicted molar refractivity (Wildman–Crippen MR) is 63.6 cm³/mol. The minimum absolute atomic E-state index is 0.241. The highest BCUT2D eigenvalue weighted by Crippen LogP contribution is 2.60. The summed E-state index contributed by atoms with van der Waals surface area (Å²) in [5.74, 6) is 0. The third-order valence-corrected chi connectivity index (χ3v) is 4.17. The van der Waals surface area contributed by atoms with Gasteiger partial charge in [0, 0.05) is 18.6 Å². The van der Waals surface area contributed by atoms with E-state index in [1.54, 1.807) is 6.21 Å². The smallest absolute Gasteiger partial charge is 0.166 e. The number of nitrogens with zero attached hydrogens (tertiary/aromatic N) is 2. The summed E-state index contributed by atoms with van der Waals surface area (Å²) >= 11 is 6.57. The first kappa shape index (κ1) is 9.10. The normalized spacial score (nSPS) is 40.9. The van der Waals surface area contributed by atoms with E-state index in [1.165, 1.54) is 11.1 Å². The fourth-order valence-electron chi connectivity index (χ4n) is 2.59. The van der Waals surface area contributed by atoms with E-state index in [0.29, 0.717) is 0 Å². The van der Waals surface area contributed by atoms with Gasteiger partial charge in [-0.05, 0) is 42.7 Å². The van der Waals surface area contributed by atoms with Gasteiger partial charge in [0.15, 0.2) is 5.00 Å². The Morgan fingerprint density at radius 1 is 1.40 bits per heavy atom. The minimum atomic E-state index is -0.636. The summed E-state index contributed by atoms with van der Waals surface area (Å²) in [7, 11) is 0. The lowest BCUT2D eigenvalue weighted by Gasteiger charge is -2.32. The van der Waals surface area contributed by atoms with E-state index in [4.69, 9.17) is 11.6 Å². The standard InChI is InChI=1S/C12H11ClN2/c1-8-5-12(13)11(2)9(6-15-12)3-4-14-7-10(8)11/h3-7H,1-2H3. The van der Waals surface area contributed by atoms with Crippen molar-refractivity contribution in [2.24, 2.45) is 15.4 Å². The molecule has 3 heteroatoms. The van der Waals surface area contributed by atoms with E-state index in [2.05, 4.69) is 23.8 Å². The predicted octanol–water partition coefficient (Wildman–Crippen LogP) is 2.87. The Morgan fingerprint density at radius 2 is 2.20 bits per heavy atom. The molecule has 0 bridgehead atoms. The van der Waals surface area contributed by atoms with Crippen molar-refractivity contribution in [3.05, 3.63) is 35.1 Å². The molecule has 0 saturated heterocycles. The summed E-state index contributed by atoms with van der Waals surface area (Å²) in [6, 6.07) is 0. The van der Waals surface area contributed by atoms with Gasteiger partial charge >= 0.3 is 0 Å². The fraction of sp³-hybridized carbons (Fsp3) is 0.333. The molecule has 0 fully saturated rings. The Balaban J connectivity index is 2.35. The second kappa shape index (κ2) is 2.50. The van der Waals surface area contributed by atoms with Gasteiger partial charge in [-0.2, -0.15) is 0 Å². The molecule has 0 aromatic rings. The Kier molecular flexibility index (Phi) is 1.52. The summed E-state index contributed by atoms with van der Waals surface area (Å²) in [6.07, 6.45) is 9.57. The molecule has 15 heavy (non-hydrogen) atoms. The van der Waals surface area contributed by atoms with Gasteiger partial charge in [0.2, 0.25) is 0 Å². The monoisotopic (exact) mass is 218 g/mol. The molecule has 3 aliphatic rings. The first-order valence-corrected chi connectivity index (χ1v) is 5.34. The number of alkyl halides is 1. The molecule has 0 N–H and O–H groups in total. The van der Waals surface area contributed by atoms with E-state index >= 15 is 0 Å². The average Bonchev–Trinajstić information content (AvgIpc) is 2.45. The van der Waals surface area contributed by atoms with Crippen molar-refractivity contribution in [3.63, 3.8) is 0 Å². The molecule has 1 aliphatic carbocycles. The molecule has 0 amide bonds. The van der Waals surface area contributed by atoms with Crippen LogP contribution < -0.4 is 0 Å². The molecular weight excluding hydrogens is 208 g/mol. The molecule has 2 nitrogen and oxygen atoms in total. The van der Waals surface area contributed by atoms with Gasteiger partial charge in [0.25, 0.3) is 0 Å². The largest absolute Gasteiger partial charge is 0.265 e. The maximum Gasteiger partial charge on any atom is 0.166 e. The Labute approximate surface area is 93.8 Å². The summed E-state index contributed by atoms with van der Waals surface area (Å²) in [4.78, 5) is 8.03. The van der Waals surface area contributed by atoms with Crippen LogP contribution in [0.3, 0.4) is 0 Å². The molecule has 0 radical (unpaired) electrons. The molecule has 2 aliphatic heterocycles. The van der Waals surface area contributed by atoms with Crippen LogP contribution >= 0.6 is 11.6 Å². The molecule has 3 rings (SSSR count). The average molecular weight is 219 g/mol. The second-order valence-corrected chi connectivity index (χ2v) is 4.92. The lowest BCUT2D eigenvalue weighted by atomic mass is 9.75. The van der Waals surface area contributed by atoms with Crippen molar-refractivity contribution in [2.75, 3.05) is 0 Å². The van der Waals surface area contributed by atoms with Crippen molar-refractivity contribution in [3.8, 4) is 0 Å². The number of rotatable bonds is 0. The van der Waals surface area contributed by atoms with Gasteiger partial charge in [0.05, 0.1) is 5.41 Å². The Morgan fingerprint density at radius 3 is 3.00 bits per heavy atom. The number of allylic oxidation sites excluding steroid dienone is 2. The van der Waals surface area contributed by atoms with Crippen LogP contribution in [0.25, 0.3) is 0 Å². The molecule has 0 saturated carbocycles. The highest BCUT2D eigenvalue weighted by molar-refractivity contribution is 6.29. The first-order valence-electron chi connectivity index (χ1n) is 4.96. The zero-order valence-electron chi connectivity index (χ0n) is 8.66. The second-order valence-electron chi connectivity index (χ2n) is 4.35. The molecule has 2 atom stereocenters. The van der Waals surface area contributed by atoms with Crippen molar-refractivity contribution < 1.29 is 0 Å². The van der Waals surface area contributed by atoms with E-state index in [1.807, 2.05) is 24.6 Å². The molecule has 2 unspecified atom stereocenters. The van der Waals surface area contributed by atoms with Crippen LogP contribution in [0.5, 0.6) is 0 Å². The van der Waals surface area contributed by atoms with Gasteiger partial charge in [-0.15, -0.1) is 0 Å². The maximum absolute atomic E-state index is 6.57. The Bertz CT molecular complexity index is 496. The van der Waals surface area contributed by atoms with Crippen LogP contribution in [-0.4, -0.2) is 17.4 Å². The highest BCUT2D eigenvalue weighted by Gasteiger charge is 2.57. The summed E-state index contributed by atoms with van der Waals surface area (Å²) < 4.78 is 0. The highest BCUT2D eigenvalue weighted by atomic mass is 35.5. The number of halogens is 1. The zero-order valence-corrected chi connectivity index (χ0v) is 9.42.